The molecule has 21 heavy (non-hydrogen) atoms. The molecule has 0 radical (unpaired) electrons. The van der Waals surface area contributed by atoms with Crippen molar-refractivity contribution >= 4 is 5.97 Å². The second-order valence-electron chi connectivity index (χ2n) is 6.47. The standard InChI is InChI=1S/C18H25NO2/c1-21-18(20)17(16-7-8-16)19-11-9-15(10-12-19)13-14-5-3-2-4-6-14/h2-6,15-17H,7-13H2,1H3. The van der Waals surface area contributed by atoms with E-state index in [0.717, 1.165) is 19.0 Å². The molecule has 1 aromatic carbocycles. The van der Waals surface area contributed by atoms with Gasteiger partial charge < -0.3 is 4.74 Å². The Morgan fingerprint density at radius 1 is 1.19 bits per heavy atom. The molecule has 0 amide bonds. The summed E-state index contributed by atoms with van der Waals surface area (Å²) < 4.78 is 5.01. The van der Waals surface area contributed by atoms with Crippen molar-refractivity contribution in [2.45, 2.75) is 38.1 Å². The number of carbonyl (C=O) groups excluding carboxylic acids is 1. The maximum atomic E-state index is 12.0. The number of rotatable bonds is 5. The lowest BCUT2D eigenvalue weighted by Gasteiger charge is -2.36. The third kappa shape index (κ3) is 3.65. The average molecular weight is 287 g/mol. The van der Waals surface area contributed by atoms with E-state index >= 15 is 0 Å². The summed E-state index contributed by atoms with van der Waals surface area (Å²) in [6, 6.07) is 10.8. The van der Waals surface area contributed by atoms with Crippen molar-refractivity contribution in [1.82, 2.24) is 4.90 Å². The summed E-state index contributed by atoms with van der Waals surface area (Å²) in [6.07, 6.45) is 5.92. The zero-order valence-corrected chi connectivity index (χ0v) is 12.8. The molecule has 1 heterocycles. The van der Waals surface area contributed by atoms with Crippen molar-refractivity contribution in [2.24, 2.45) is 11.8 Å². The van der Waals surface area contributed by atoms with E-state index < -0.39 is 0 Å². The Hall–Kier alpha value is -1.35. The van der Waals surface area contributed by atoms with Crippen LogP contribution in [-0.2, 0) is 16.0 Å². The smallest absolute Gasteiger partial charge is 0.323 e. The molecule has 1 aliphatic carbocycles. The molecule has 1 atom stereocenters. The predicted octanol–water partition coefficient (Wildman–Crippen LogP) is 2.89. The van der Waals surface area contributed by atoms with Gasteiger partial charge in [-0.2, -0.15) is 0 Å². The lowest BCUT2D eigenvalue weighted by Crippen LogP contribution is -2.47. The molecule has 0 N–H and O–H groups in total. The number of hydrogen-bond donors (Lipinski definition) is 0. The third-order valence-electron chi connectivity index (χ3n) is 4.92. The van der Waals surface area contributed by atoms with Crippen molar-refractivity contribution in [3.63, 3.8) is 0 Å². The zero-order chi connectivity index (χ0) is 14.7. The average Bonchev–Trinajstić information content (AvgIpc) is 3.35. The topological polar surface area (TPSA) is 29.5 Å². The van der Waals surface area contributed by atoms with Crippen LogP contribution in [0, 0.1) is 11.8 Å². The van der Waals surface area contributed by atoms with Crippen LogP contribution in [0.25, 0.3) is 0 Å². The van der Waals surface area contributed by atoms with Crippen LogP contribution in [0.3, 0.4) is 0 Å². The van der Waals surface area contributed by atoms with Gasteiger partial charge in [-0.25, -0.2) is 0 Å². The molecule has 0 spiro atoms. The zero-order valence-electron chi connectivity index (χ0n) is 12.8. The van der Waals surface area contributed by atoms with E-state index in [0.29, 0.717) is 5.92 Å². The molecule has 3 heteroatoms. The largest absolute Gasteiger partial charge is 0.468 e. The van der Waals surface area contributed by atoms with Crippen LogP contribution in [0.5, 0.6) is 0 Å². The maximum Gasteiger partial charge on any atom is 0.323 e. The molecule has 3 nitrogen and oxygen atoms in total. The van der Waals surface area contributed by atoms with E-state index in [1.54, 1.807) is 0 Å². The van der Waals surface area contributed by atoms with Crippen LogP contribution in [0.15, 0.2) is 30.3 Å². The number of likely N-dealkylation sites (tertiary alicyclic amines) is 1. The summed E-state index contributed by atoms with van der Waals surface area (Å²) in [4.78, 5) is 14.4. The molecule has 0 aromatic heterocycles. The highest BCUT2D eigenvalue weighted by molar-refractivity contribution is 5.76. The molecule has 2 aliphatic rings. The minimum atomic E-state index is -0.0287. The summed E-state index contributed by atoms with van der Waals surface area (Å²) in [5.41, 5.74) is 1.43. The second kappa shape index (κ2) is 6.61. The molecule has 1 aromatic rings. The Bertz CT molecular complexity index is 461. The minimum Gasteiger partial charge on any atom is -0.468 e. The van der Waals surface area contributed by atoms with Crippen molar-refractivity contribution in [3.8, 4) is 0 Å². The van der Waals surface area contributed by atoms with Gasteiger partial charge in [0.15, 0.2) is 0 Å². The molecule has 114 valence electrons. The number of ether oxygens (including phenoxy) is 1. The van der Waals surface area contributed by atoms with Gasteiger partial charge in [0, 0.05) is 0 Å². The van der Waals surface area contributed by atoms with Gasteiger partial charge in [-0.1, -0.05) is 30.3 Å². The number of methoxy groups -OCH3 is 1. The van der Waals surface area contributed by atoms with Crippen LogP contribution in [-0.4, -0.2) is 37.1 Å². The van der Waals surface area contributed by atoms with Gasteiger partial charge in [-0.05, 0) is 62.6 Å². The molecule has 1 saturated carbocycles. The van der Waals surface area contributed by atoms with Crippen LogP contribution in [0.2, 0.25) is 0 Å². The third-order valence-corrected chi connectivity index (χ3v) is 4.92. The predicted molar refractivity (Wildman–Crippen MR) is 83.0 cm³/mol. The highest BCUT2D eigenvalue weighted by Crippen LogP contribution is 2.37. The van der Waals surface area contributed by atoms with Gasteiger partial charge >= 0.3 is 5.97 Å². The minimum absolute atomic E-state index is 0.0210. The summed E-state index contributed by atoms with van der Waals surface area (Å²) in [7, 11) is 1.51. The lowest BCUT2D eigenvalue weighted by atomic mass is 9.89. The van der Waals surface area contributed by atoms with Crippen molar-refractivity contribution in [1.29, 1.82) is 0 Å². The van der Waals surface area contributed by atoms with Gasteiger partial charge in [0.1, 0.15) is 6.04 Å². The van der Waals surface area contributed by atoms with Crippen molar-refractivity contribution < 1.29 is 9.53 Å². The van der Waals surface area contributed by atoms with Gasteiger partial charge in [0.2, 0.25) is 0 Å². The van der Waals surface area contributed by atoms with Gasteiger partial charge in [0.05, 0.1) is 7.11 Å². The molecule has 1 unspecified atom stereocenters. The molecule has 1 saturated heterocycles. The first-order valence-corrected chi connectivity index (χ1v) is 8.13. The summed E-state index contributed by atoms with van der Waals surface area (Å²) >= 11 is 0. The molecule has 0 bridgehead atoms. The highest BCUT2D eigenvalue weighted by atomic mass is 16.5. The fourth-order valence-corrected chi connectivity index (χ4v) is 3.56. The maximum absolute atomic E-state index is 12.0. The van der Waals surface area contributed by atoms with E-state index in [1.165, 1.54) is 44.8 Å². The number of benzene rings is 1. The molecule has 2 fully saturated rings. The molecular weight excluding hydrogens is 262 g/mol. The SMILES string of the molecule is COC(=O)C(C1CC1)N1CCC(Cc2ccccc2)CC1. The van der Waals surface area contributed by atoms with Crippen molar-refractivity contribution in [3.05, 3.63) is 35.9 Å². The fourth-order valence-electron chi connectivity index (χ4n) is 3.56. The Morgan fingerprint density at radius 3 is 2.43 bits per heavy atom. The number of hydrogen-bond acceptors (Lipinski definition) is 3. The van der Waals surface area contributed by atoms with Crippen LogP contribution < -0.4 is 0 Å². The van der Waals surface area contributed by atoms with Crippen LogP contribution in [0.4, 0.5) is 0 Å². The summed E-state index contributed by atoms with van der Waals surface area (Å²) in [6.45, 7) is 2.07. The van der Waals surface area contributed by atoms with E-state index in [1.807, 2.05) is 0 Å². The van der Waals surface area contributed by atoms with E-state index in [9.17, 15) is 4.79 Å². The Morgan fingerprint density at radius 2 is 1.86 bits per heavy atom. The fraction of sp³-hybridized carbons (Fsp3) is 0.611. The van der Waals surface area contributed by atoms with Gasteiger partial charge in [0.25, 0.3) is 0 Å². The number of nitrogens with zero attached hydrogens (tertiary/aromatic N) is 1. The first-order chi connectivity index (χ1) is 10.3. The molecule has 3 rings (SSSR count). The van der Waals surface area contributed by atoms with Crippen molar-refractivity contribution in [2.75, 3.05) is 20.2 Å². The molecule has 1 aliphatic heterocycles. The number of piperidine rings is 1. The lowest BCUT2D eigenvalue weighted by molar-refractivity contribution is -0.148. The summed E-state index contributed by atoms with van der Waals surface area (Å²) in [5.74, 6) is 1.27. The van der Waals surface area contributed by atoms with E-state index in [-0.39, 0.29) is 12.0 Å². The first-order valence-electron chi connectivity index (χ1n) is 8.13. The van der Waals surface area contributed by atoms with E-state index in [4.69, 9.17) is 4.74 Å². The number of esters is 1. The quantitative estimate of drug-likeness (QED) is 0.780. The normalized spacial score (nSPS) is 22.0. The number of carbonyl (C=O) groups is 1. The van der Waals surface area contributed by atoms with Gasteiger partial charge in [-0.15, -0.1) is 0 Å². The Balaban J connectivity index is 1.53. The van der Waals surface area contributed by atoms with Crippen LogP contribution in [0.1, 0.15) is 31.2 Å². The first kappa shape index (κ1) is 14.6. The Labute approximate surface area is 127 Å². The second-order valence-corrected chi connectivity index (χ2v) is 6.47. The highest BCUT2D eigenvalue weighted by Gasteiger charge is 2.41. The van der Waals surface area contributed by atoms with Crippen LogP contribution >= 0.6 is 0 Å². The van der Waals surface area contributed by atoms with Gasteiger partial charge in [-0.3, -0.25) is 9.69 Å². The molecular formula is C18H25NO2. The van der Waals surface area contributed by atoms with E-state index in [2.05, 4.69) is 35.2 Å². The Kier molecular flexibility index (Phi) is 4.59. The summed E-state index contributed by atoms with van der Waals surface area (Å²) in [5, 5.41) is 0. The monoisotopic (exact) mass is 287 g/mol.